The molecule has 1 saturated carbocycles. The van der Waals surface area contributed by atoms with E-state index in [4.69, 9.17) is 10.2 Å². The van der Waals surface area contributed by atoms with Gasteiger partial charge in [0.25, 0.3) is 0 Å². The van der Waals surface area contributed by atoms with E-state index in [1.54, 1.807) is 6.08 Å². The second kappa shape index (κ2) is 4.43. The number of hydrogen-bond acceptors (Lipinski definition) is 2. The Labute approximate surface area is 73.2 Å². The zero-order chi connectivity index (χ0) is 8.97. The fourth-order valence-electron chi connectivity index (χ4n) is 1.56. The van der Waals surface area contributed by atoms with Crippen LogP contribution in [0.4, 0.5) is 0 Å². The van der Waals surface area contributed by atoms with E-state index in [1.165, 1.54) is 11.1 Å². The fraction of sp³-hybridized carbons (Fsp3) is 0.600. The Bertz CT molecular complexity index is 190. The van der Waals surface area contributed by atoms with Gasteiger partial charge in [-0.2, -0.15) is 0 Å². The Morgan fingerprint density at radius 2 is 1.58 bits per heavy atom. The van der Waals surface area contributed by atoms with Crippen LogP contribution in [0.15, 0.2) is 23.3 Å². The van der Waals surface area contributed by atoms with Gasteiger partial charge in [0.1, 0.15) is 0 Å². The quantitative estimate of drug-likeness (QED) is 0.462. The van der Waals surface area contributed by atoms with Crippen LogP contribution in [-0.2, 0) is 0 Å². The van der Waals surface area contributed by atoms with Crippen LogP contribution in [-0.4, -0.2) is 16.5 Å². The third-order valence-electron chi connectivity index (χ3n) is 2.33. The number of rotatable bonds is 1. The Hall–Kier alpha value is -0.600. The molecule has 1 aliphatic carbocycles. The van der Waals surface area contributed by atoms with E-state index in [2.05, 4.69) is 13.0 Å². The number of aliphatic hydroxyl groups excluding tert-OH is 1. The maximum absolute atomic E-state index is 8.69. The predicted molar refractivity (Wildman–Crippen MR) is 48.5 cm³/mol. The molecule has 0 bridgehead atoms. The minimum atomic E-state index is -1.27. The maximum atomic E-state index is 8.69. The van der Waals surface area contributed by atoms with Crippen LogP contribution in [0.5, 0.6) is 0 Å². The topological polar surface area (TPSA) is 40.5 Å². The van der Waals surface area contributed by atoms with E-state index >= 15 is 0 Å². The summed E-state index contributed by atoms with van der Waals surface area (Å²) in [5, 5.41) is 17.4. The second-order valence-electron chi connectivity index (χ2n) is 3.19. The molecule has 68 valence electrons. The molecule has 1 fully saturated rings. The van der Waals surface area contributed by atoms with Crippen molar-refractivity contribution in [1.29, 1.82) is 0 Å². The molecule has 0 aromatic heterocycles. The van der Waals surface area contributed by atoms with Gasteiger partial charge in [0.15, 0.2) is 6.29 Å². The third-order valence-corrected chi connectivity index (χ3v) is 2.33. The molecule has 0 atom stereocenters. The number of allylic oxidation sites excluding steroid dienone is 3. The van der Waals surface area contributed by atoms with Crippen molar-refractivity contribution in [3.63, 3.8) is 0 Å². The highest BCUT2D eigenvalue weighted by Crippen LogP contribution is 2.27. The van der Waals surface area contributed by atoms with Crippen molar-refractivity contribution in [2.24, 2.45) is 0 Å². The minimum absolute atomic E-state index is 0.983. The molecule has 0 amide bonds. The van der Waals surface area contributed by atoms with Crippen LogP contribution in [0.2, 0.25) is 0 Å². The lowest BCUT2D eigenvalue weighted by atomic mass is 9.90. The molecule has 0 radical (unpaired) electrons. The van der Waals surface area contributed by atoms with Crippen LogP contribution in [0.3, 0.4) is 0 Å². The third kappa shape index (κ3) is 2.80. The molecule has 0 aromatic carbocycles. The highest BCUT2D eigenvalue weighted by molar-refractivity contribution is 5.16. The summed E-state index contributed by atoms with van der Waals surface area (Å²) in [6.45, 7) is 2.06. The first-order chi connectivity index (χ1) is 5.72. The Morgan fingerprint density at radius 3 is 2.00 bits per heavy atom. The van der Waals surface area contributed by atoms with Gasteiger partial charge in [-0.05, 0) is 38.7 Å². The summed E-state index contributed by atoms with van der Waals surface area (Å²) in [6.07, 6.45) is 6.56. The molecule has 1 rings (SSSR count). The van der Waals surface area contributed by atoms with Crippen molar-refractivity contribution >= 4 is 0 Å². The van der Waals surface area contributed by atoms with Gasteiger partial charge in [0, 0.05) is 0 Å². The summed E-state index contributed by atoms with van der Waals surface area (Å²) in [6, 6.07) is 0. The van der Waals surface area contributed by atoms with Crippen molar-refractivity contribution in [3.8, 4) is 0 Å². The molecule has 2 N–H and O–H groups in total. The molecule has 0 spiro atoms. The Kier molecular flexibility index (Phi) is 3.50. The lowest BCUT2D eigenvalue weighted by molar-refractivity contribution is 0.00142. The van der Waals surface area contributed by atoms with Gasteiger partial charge in [-0.25, -0.2) is 0 Å². The van der Waals surface area contributed by atoms with Crippen LogP contribution in [0.25, 0.3) is 0 Å². The van der Waals surface area contributed by atoms with Gasteiger partial charge in [0.05, 0.1) is 0 Å². The SMILES string of the molecule is CC=C1CCC(=CC(O)O)CC1. The predicted octanol–water partition coefficient (Wildman–Crippen LogP) is 1.74. The highest BCUT2D eigenvalue weighted by atomic mass is 16.5. The summed E-state index contributed by atoms with van der Waals surface area (Å²) in [4.78, 5) is 0. The second-order valence-corrected chi connectivity index (χ2v) is 3.19. The van der Waals surface area contributed by atoms with Crippen molar-refractivity contribution in [2.45, 2.75) is 38.9 Å². The molecule has 0 heterocycles. The molecule has 2 nitrogen and oxygen atoms in total. The van der Waals surface area contributed by atoms with E-state index in [0.717, 1.165) is 25.7 Å². The van der Waals surface area contributed by atoms with Gasteiger partial charge in [0.2, 0.25) is 0 Å². The Balaban J connectivity index is 2.46. The summed E-state index contributed by atoms with van der Waals surface area (Å²) in [5.74, 6) is 0. The maximum Gasteiger partial charge on any atom is 0.171 e. The first-order valence-corrected chi connectivity index (χ1v) is 4.42. The van der Waals surface area contributed by atoms with Crippen LogP contribution >= 0.6 is 0 Å². The van der Waals surface area contributed by atoms with Gasteiger partial charge in [-0.3, -0.25) is 0 Å². The molecule has 12 heavy (non-hydrogen) atoms. The van der Waals surface area contributed by atoms with E-state index in [9.17, 15) is 0 Å². The summed E-state index contributed by atoms with van der Waals surface area (Å²) in [5.41, 5.74) is 2.66. The molecule has 0 unspecified atom stereocenters. The smallest absolute Gasteiger partial charge is 0.171 e. The average Bonchev–Trinajstić information content (AvgIpc) is 2.05. The molecule has 0 aliphatic heterocycles. The molecular weight excluding hydrogens is 152 g/mol. The molecule has 0 aromatic rings. The van der Waals surface area contributed by atoms with Gasteiger partial charge in [-0.15, -0.1) is 0 Å². The van der Waals surface area contributed by atoms with E-state index < -0.39 is 6.29 Å². The standard InChI is InChI=1S/C10H16O2/c1-2-8-3-5-9(6-4-8)7-10(11)12/h2,7,10-12H,3-6H2,1H3. The monoisotopic (exact) mass is 168 g/mol. The average molecular weight is 168 g/mol. The Morgan fingerprint density at radius 1 is 1.08 bits per heavy atom. The molecule has 2 heteroatoms. The van der Waals surface area contributed by atoms with Gasteiger partial charge < -0.3 is 10.2 Å². The summed E-state index contributed by atoms with van der Waals surface area (Å²) >= 11 is 0. The normalized spacial score (nSPS) is 18.3. The summed E-state index contributed by atoms with van der Waals surface area (Å²) < 4.78 is 0. The van der Waals surface area contributed by atoms with Crippen LogP contribution in [0.1, 0.15) is 32.6 Å². The summed E-state index contributed by atoms with van der Waals surface area (Å²) in [7, 11) is 0. The van der Waals surface area contributed by atoms with Crippen molar-refractivity contribution < 1.29 is 10.2 Å². The zero-order valence-electron chi connectivity index (χ0n) is 7.45. The number of hydrogen-bond donors (Lipinski definition) is 2. The molecule has 1 aliphatic rings. The van der Waals surface area contributed by atoms with E-state index in [0.29, 0.717) is 0 Å². The highest BCUT2D eigenvalue weighted by Gasteiger charge is 2.09. The lowest BCUT2D eigenvalue weighted by Crippen LogP contribution is -2.04. The largest absolute Gasteiger partial charge is 0.365 e. The van der Waals surface area contributed by atoms with Crippen molar-refractivity contribution in [3.05, 3.63) is 23.3 Å². The van der Waals surface area contributed by atoms with E-state index in [-0.39, 0.29) is 0 Å². The van der Waals surface area contributed by atoms with Gasteiger partial charge >= 0.3 is 0 Å². The first-order valence-electron chi connectivity index (χ1n) is 4.42. The van der Waals surface area contributed by atoms with Crippen molar-refractivity contribution in [1.82, 2.24) is 0 Å². The molecular formula is C10H16O2. The number of aliphatic hydroxyl groups is 2. The van der Waals surface area contributed by atoms with Crippen LogP contribution < -0.4 is 0 Å². The van der Waals surface area contributed by atoms with Gasteiger partial charge in [-0.1, -0.05) is 17.2 Å². The van der Waals surface area contributed by atoms with Crippen molar-refractivity contribution in [2.75, 3.05) is 0 Å². The van der Waals surface area contributed by atoms with E-state index in [1.807, 2.05) is 0 Å². The lowest BCUT2D eigenvalue weighted by Gasteiger charge is -2.17. The fourth-order valence-corrected chi connectivity index (χ4v) is 1.56. The minimum Gasteiger partial charge on any atom is -0.365 e. The molecule has 0 saturated heterocycles. The van der Waals surface area contributed by atoms with Crippen LogP contribution in [0, 0.1) is 0 Å². The first kappa shape index (κ1) is 9.49. The zero-order valence-corrected chi connectivity index (χ0v) is 7.45.